The van der Waals surface area contributed by atoms with Crippen LogP contribution in [-0.2, 0) is 6.61 Å². The molecule has 0 aliphatic carbocycles. The Hall–Kier alpha value is -2.89. The van der Waals surface area contributed by atoms with E-state index in [1.165, 1.54) is 12.1 Å². The average molecular weight is 287 g/mol. The van der Waals surface area contributed by atoms with Gasteiger partial charge in [0.1, 0.15) is 12.4 Å². The van der Waals surface area contributed by atoms with Gasteiger partial charge in [0.2, 0.25) is 0 Å². The van der Waals surface area contributed by atoms with E-state index in [1.807, 2.05) is 31.2 Å². The van der Waals surface area contributed by atoms with Crippen molar-refractivity contribution < 1.29 is 19.6 Å². The largest absolute Gasteiger partial charge is 0.488 e. The topological polar surface area (TPSA) is 89.7 Å². The summed E-state index contributed by atoms with van der Waals surface area (Å²) in [5, 5.41) is 20.1. The second-order valence-corrected chi connectivity index (χ2v) is 4.43. The van der Waals surface area contributed by atoms with Crippen LogP contribution < -0.4 is 4.74 Å². The number of hydrogen-bond donors (Lipinski definition) is 1. The molecule has 0 atom stereocenters. The molecule has 0 aromatic heterocycles. The highest BCUT2D eigenvalue weighted by molar-refractivity contribution is 5.95. The van der Waals surface area contributed by atoms with E-state index in [9.17, 15) is 14.9 Å². The van der Waals surface area contributed by atoms with Crippen molar-refractivity contribution in [1.29, 1.82) is 0 Å². The maximum absolute atomic E-state index is 11.2. The Morgan fingerprint density at radius 3 is 2.57 bits per heavy atom. The summed E-state index contributed by atoms with van der Waals surface area (Å²) in [6.45, 7) is 2.05. The standard InChI is InChI=1S/C15H13NO5/c1-10-5-2-3-6-11(10)9-21-13-8-4-7-12(16(19)20)14(13)15(17)18/h2-8H,9H2,1H3,(H,17,18). The number of nitro groups is 1. The Kier molecular flexibility index (Phi) is 4.18. The first-order valence-corrected chi connectivity index (χ1v) is 6.18. The molecule has 0 saturated carbocycles. The number of carbonyl (C=O) groups is 1. The van der Waals surface area contributed by atoms with Gasteiger partial charge in [-0.05, 0) is 24.1 Å². The van der Waals surface area contributed by atoms with E-state index in [0.717, 1.165) is 17.2 Å². The van der Waals surface area contributed by atoms with E-state index >= 15 is 0 Å². The maximum atomic E-state index is 11.2. The fourth-order valence-electron chi connectivity index (χ4n) is 1.93. The van der Waals surface area contributed by atoms with E-state index < -0.39 is 22.1 Å². The average Bonchev–Trinajstić information content (AvgIpc) is 2.45. The molecule has 21 heavy (non-hydrogen) atoms. The van der Waals surface area contributed by atoms with Crippen LogP contribution in [0.15, 0.2) is 42.5 Å². The van der Waals surface area contributed by atoms with Gasteiger partial charge in [0.05, 0.1) is 4.92 Å². The molecule has 1 N–H and O–H groups in total. The lowest BCUT2D eigenvalue weighted by Gasteiger charge is -2.10. The zero-order chi connectivity index (χ0) is 15.4. The lowest BCUT2D eigenvalue weighted by Crippen LogP contribution is -2.07. The molecule has 0 aliphatic rings. The summed E-state index contributed by atoms with van der Waals surface area (Å²) in [5.41, 5.74) is 0.973. The van der Waals surface area contributed by atoms with E-state index in [0.29, 0.717) is 0 Å². The molecule has 0 radical (unpaired) electrons. The van der Waals surface area contributed by atoms with Crippen molar-refractivity contribution in [3.05, 3.63) is 69.3 Å². The van der Waals surface area contributed by atoms with Crippen LogP contribution in [0.5, 0.6) is 5.75 Å². The number of carboxylic acid groups (broad SMARTS) is 1. The molecule has 0 spiro atoms. The summed E-state index contributed by atoms with van der Waals surface area (Å²) in [6.07, 6.45) is 0. The fraction of sp³-hybridized carbons (Fsp3) is 0.133. The van der Waals surface area contributed by atoms with Crippen LogP contribution in [0, 0.1) is 17.0 Å². The molecule has 6 nitrogen and oxygen atoms in total. The molecule has 6 heteroatoms. The molecule has 0 heterocycles. The van der Waals surface area contributed by atoms with Gasteiger partial charge in [0.25, 0.3) is 5.69 Å². The molecule has 108 valence electrons. The van der Waals surface area contributed by atoms with Crippen molar-refractivity contribution in [2.75, 3.05) is 0 Å². The van der Waals surface area contributed by atoms with E-state index in [2.05, 4.69) is 0 Å². The zero-order valence-electron chi connectivity index (χ0n) is 11.3. The lowest BCUT2D eigenvalue weighted by molar-refractivity contribution is -0.385. The van der Waals surface area contributed by atoms with Crippen LogP contribution in [0.3, 0.4) is 0 Å². The molecule has 2 rings (SSSR count). The maximum Gasteiger partial charge on any atom is 0.346 e. The highest BCUT2D eigenvalue weighted by Crippen LogP contribution is 2.29. The first kappa shape index (κ1) is 14.5. The van der Waals surface area contributed by atoms with Crippen molar-refractivity contribution >= 4 is 11.7 Å². The number of aryl methyl sites for hydroxylation is 1. The third kappa shape index (κ3) is 3.17. The number of aromatic carboxylic acids is 1. The summed E-state index contributed by atoms with van der Waals surface area (Å²) in [4.78, 5) is 21.4. The molecule has 0 amide bonds. The van der Waals surface area contributed by atoms with Gasteiger partial charge in [0.15, 0.2) is 5.56 Å². The van der Waals surface area contributed by atoms with Gasteiger partial charge in [-0.2, -0.15) is 0 Å². The molecule has 0 bridgehead atoms. The third-order valence-corrected chi connectivity index (χ3v) is 3.06. The van der Waals surface area contributed by atoms with Crippen LogP contribution in [0.4, 0.5) is 5.69 Å². The van der Waals surface area contributed by atoms with Crippen LogP contribution in [0.25, 0.3) is 0 Å². The second kappa shape index (κ2) is 6.04. The Bertz CT molecular complexity index is 696. The summed E-state index contributed by atoms with van der Waals surface area (Å²) < 4.78 is 5.47. The number of benzene rings is 2. The molecule has 2 aromatic rings. The lowest BCUT2D eigenvalue weighted by atomic mass is 10.1. The van der Waals surface area contributed by atoms with Gasteiger partial charge < -0.3 is 9.84 Å². The van der Waals surface area contributed by atoms with E-state index in [-0.39, 0.29) is 12.4 Å². The number of ether oxygens (including phenoxy) is 1. The predicted molar refractivity (Wildman–Crippen MR) is 75.6 cm³/mol. The minimum Gasteiger partial charge on any atom is -0.488 e. The molecule has 0 unspecified atom stereocenters. The Morgan fingerprint density at radius 1 is 1.24 bits per heavy atom. The smallest absolute Gasteiger partial charge is 0.346 e. The number of nitrogens with zero attached hydrogens (tertiary/aromatic N) is 1. The predicted octanol–water partition coefficient (Wildman–Crippen LogP) is 3.18. The van der Waals surface area contributed by atoms with Crippen molar-refractivity contribution in [2.45, 2.75) is 13.5 Å². The Morgan fingerprint density at radius 2 is 1.95 bits per heavy atom. The highest BCUT2D eigenvalue weighted by atomic mass is 16.6. The van der Waals surface area contributed by atoms with Crippen LogP contribution >= 0.6 is 0 Å². The van der Waals surface area contributed by atoms with Gasteiger partial charge in [-0.1, -0.05) is 30.3 Å². The summed E-state index contributed by atoms with van der Waals surface area (Å²) in [5.74, 6) is -1.40. The zero-order valence-corrected chi connectivity index (χ0v) is 11.3. The Balaban J connectivity index is 2.32. The van der Waals surface area contributed by atoms with Gasteiger partial charge in [-0.25, -0.2) is 4.79 Å². The number of nitro benzene ring substituents is 1. The normalized spacial score (nSPS) is 10.1. The Labute approximate surface area is 120 Å². The van der Waals surface area contributed by atoms with Crippen molar-refractivity contribution in [3.63, 3.8) is 0 Å². The molecule has 0 fully saturated rings. The van der Waals surface area contributed by atoms with Crippen LogP contribution in [0.2, 0.25) is 0 Å². The van der Waals surface area contributed by atoms with Gasteiger partial charge in [-0.3, -0.25) is 10.1 Å². The fourth-order valence-corrected chi connectivity index (χ4v) is 1.93. The molecule has 0 aliphatic heterocycles. The first-order chi connectivity index (χ1) is 10.0. The molecule has 2 aromatic carbocycles. The number of hydrogen-bond acceptors (Lipinski definition) is 4. The number of rotatable bonds is 5. The quantitative estimate of drug-likeness (QED) is 0.673. The van der Waals surface area contributed by atoms with Gasteiger partial charge >= 0.3 is 5.97 Å². The van der Waals surface area contributed by atoms with Gasteiger partial charge in [0, 0.05) is 6.07 Å². The first-order valence-electron chi connectivity index (χ1n) is 6.18. The van der Waals surface area contributed by atoms with Gasteiger partial charge in [-0.15, -0.1) is 0 Å². The molecular formula is C15H13NO5. The molecule has 0 saturated heterocycles. The van der Waals surface area contributed by atoms with Crippen molar-refractivity contribution in [3.8, 4) is 5.75 Å². The highest BCUT2D eigenvalue weighted by Gasteiger charge is 2.24. The van der Waals surface area contributed by atoms with E-state index in [1.54, 1.807) is 0 Å². The van der Waals surface area contributed by atoms with Crippen LogP contribution in [0.1, 0.15) is 21.5 Å². The minimum absolute atomic E-state index is 0.0139. The molecular weight excluding hydrogens is 274 g/mol. The number of carboxylic acids is 1. The summed E-state index contributed by atoms with van der Waals surface area (Å²) in [7, 11) is 0. The SMILES string of the molecule is Cc1ccccc1COc1cccc([N+](=O)[O-])c1C(=O)O. The van der Waals surface area contributed by atoms with E-state index in [4.69, 9.17) is 9.84 Å². The summed E-state index contributed by atoms with van der Waals surface area (Å²) in [6, 6.07) is 11.4. The third-order valence-electron chi connectivity index (χ3n) is 3.06. The monoisotopic (exact) mass is 287 g/mol. The minimum atomic E-state index is -1.39. The van der Waals surface area contributed by atoms with Crippen molar-refractivity contribution in [1.82, 2.24) is 0 Å². The summed E-state index contributed by atoms with van der Waals surface area (Å²) >= 11 is 0. The van der Waals surface area contributed by atoms with Crippen LogP contribution in [-0.4, -0.2) is 16.0 Å². The second-order valence-electron chi connectivity index (χ2n) is 4.43. The van der Waals surface area contributed by atoms with Crippen molar-refractivity contribution in [2.24, 2.45) is 0 Å².